The average Bonchev–Trinajstić information content (AvgIpc) is 2.67. The van der Waals surface area contributed by atoms with Gasteiger partial charge in [-0.15, -0.1) is 0 Å². The van der Waals surface area contributed by atoms with Gasteiger partial charge >= 0.3 is 0 Å². The van der Waals surface area contributed by atoms with Crippen molar-refractivity contribution in [3.05, 3.63) is 0 Å². The lowest BCUT2D eigenvalue weighted by Gasteiger charge is -2.37. The van der Waals surface area contributed by atoms with E-state index in [-0.39, 0.29) is 0 Å². The third-order valence-corrected chi connectivity index (χ3v) is 5.33. The van der Waals surface area contributed by atoms with Gasteiger partial charge in [-0.25, -0.2) is 0 Å². The molecule has 2 rings (SSSR count). The monoisotopic (exact) mass is 367 g/mol. The first-order valence-corrected chi connectivity index (χ1v) is 8.95. The number of aliphatic imine (C=N–C) groups is 1. The second-order valence-corrected chi connectivity index (χ2v) is 7.22. The quantitative estimate of drug-likeness (QED) is 0.600. The standard InChI is InChI=1S/C12H22IN3S/c1-2-6-16(7-5-13)9-3-4-10-11(8-9)17-12(14)15-10/h9-11H,2-8H2,1H3,(H2,14,15). The van der Waals surface area contributed by atoms with E-state index in [1.54, 1.807) is 11.8 Å². The Labute approximate surface area is 122 Å². The summed E-state index contributed by atoms with van der Waals surface area (Å²) in [5, 5.41) is 1.47. The number of halogens is 1. The summed E-state index contributed by atoms with van der Waals surface area (Å²) in [6, 6.07) is 1.28. The van der Waals surface area contributed by atoms with Gasteiger partial charge in [0.15, 0.2) is 5.17 Å². The van der Waals surface area contributed by atoms with Crippen LogP contribution < -0.4 is 5.73 Å². The summed E-state index contributed by atoms with van der Waals surface area (Å²) in [5.74, 6) is 0. The maximum atomic E-state index is 5.83. The highest BCUT2D eigenvalue weighted by Crippen LogP contribution is 2.37. The van der Waals surface area contributed by atoms with Crippen LogP contribution in [0.25, 0.3) is 0 Å². The van der Waals surface area contributed by atoms with Crippen LogP contribution in [0, 0.1) is 0 Å². The predicted molar refractivity (Wildman–Crippen MR) is 85.2 cm³/mol. The minimum Gasteiger partial charge on any atom is -0.379 e. The molecular weight excluding hydrogens is 345 g/mol. The number of thioether (sulfide) groups is 1. The molecule has 0 aromatic heterocycles. The summed E-state index contributed by atoms with van der Waals surface area (Å²) < 4.78 is 1.23. The highest BCUT2D eigenvalue weighted by molar-refractivity contribution is 14.1. The molecule has 1 heterocycles. The Bertz CT molecular complexity index is 279. The number of rotatable bonds is 5. The molecule has 98 valence electrons. The molecule has 3 unspecified atom stereocenters. The first-order valence-electron chi connectivity index (χ1n) is 6.54. The third-order valence-electron chi connectivity index (χ3n) is 3.69. The third kappa shape index (κ3) is 3.50. The van der Waals surface area contributed by atoms with Crippen LogP contribution in [0.3, 0.4) is 0 Å². The number of nitrogens with two attached hydrogens (primary N) is 1. The summed E-state index contributed by atoms with van der Waals surface area (Å²) in [6.07, 6.45) is 5.06. The summed E-state index contributed by atoms with van der Waals surface area (Å²) in [5.41, 5.74) is 5.83. The van der Waals surface area contributed by atoms with Gasteiger partial charge in [-0.05, 0) is 32.2 Å². The molecule has 17 heavy (non-hydrogen) atoms. The molecule has 1 fully saturated rings. The molecule has 0 aromatic rings. The number of hydrogen-bond donors (Lipinski definition) is 1. The van der Waals surface area contributed by atoms with E-state index in [1.807, 2.05) is 0 Å². The van der Waals surface area contributed by atoms with Crippen molar-refractivity contribution >= 4 is 39.5 Å². The van der Waals surface area contributed by atoms with E-state index in [2.05, 4.69) is 39.4 Å². The van der Waals surface area contributed by atoms with E-state index in [4.69, 9.17) is 5.73 Å². The molecule has 0 bridgehead atoms. The molecule has 1 saturated carbocycles. The van der Waals surface area contributed by atoms with Crippen LogP contribution >= 0.6 is 34.4 Å². The zero-order chi connectivity index (χ0) is 12.3. The molecule has 0 spiro atoms. The number of nitrogens with zero attached hydrogens (tertiary/aromatic N) is 2. The Morgan fingerprint density at radius 2 is 2.29 bits per heavy atom. The van der Waals surface area contributed by atoms with Gasteiger partial charge in [-0.3, -0.25) is 9.89 Å². The molecule has 2 N–H and O–H groups in total. The van der Waals surface area contributed by atoms with Gasteiger partial charge < -0.3 is 5.73 Å². The summed E-state index contributed by atoms with van der Waals surface area (Å²) in [4.78, 5) is 7.21. The smallest absolute Gasteiger partial charge is 0.154 e. The normalized spacial score (nSPS) is 32.6. The molecular formula is C12H22IN3S. The van der Waals surface area contributed by atoms with Crippen LogP contribution in [-0.4, -0.2) is 44.9 Å². The van der Waals surface area contributed by atoms with Crippen molar-refractivity contribution in [3.63, 3.8) is 0 Å². The molecule has 5 heteroatoms. The highest BCUT2D eigenvalue weighted by Gasteiger charge is 2.37. The number of hydrogen-bond acceptors (Lipinski definition) is 4. The Morgan fingerprint density at radius 3 is 3.00 bits per heavy atom. The summed E-state index contributed by atoms with van der Waals surface area (Å²) in [7, 11) is 0. The van der Waals surface area contributed by atoms with Crippen molar-refractivity contribution in [1.29, 1.82) is 0 Å². The lowest BCUT2D eigenvalue weighted by Crippen LogP contribution is -2.43. The summed E-state index contributed by atoms with van der Waals surface area (Å²) in [6.45, 7) is 4.75. The van der Waals surface area contributed by atoms with Crippen LogP contribution in [0.15, 0.2) is 4.99 Å². The van der Waals surface area contributed by atoms with E-state index in [0.717, 1.165) is 11.2 Å². The lowest BCUT2D eigenvalue weighted by atomic mass is 9.90. The van der Waals surface area contributed by atoms with E-state index in [9.17, 15) is 0 Å². The van der Waals surface area contributed by atoms with Gasteiger partial charge in [0.05, 0.1) is 6.04 Å². The first kappa shape index (κ1) is 13.9. The maximum absolute atomic E-state index is 5.83. The molecule has 1 aliphatic carbocycles. The fourth-order valence-electron chi connectivity index (χ4n) is 2.92. The van der Waals surface area contributed by atoms with Gasteiger partial charge in [-0.2, -0.15) is 0 Å². The minimum absolute atomic E-state index is 0.513. The molecule has 0 amide bonds. The van der Waals surface area contributed by atoms with E-state index < -0.39 is 0 Å². The van der Waals surface area contributed by atoms with Crippen LogP contribution in [-0.2, 0) is 0 Å². The molecule has 1 aliphatic heterocycles. The van der Waals surface area contributed by atoms with Crippen molar-refractivity contribution in [3.8, 4) is 0 Å². The van der Waals surface area contributed by atoms with Gasteiger partial charge in [-0.1, -0.05) is 41.3 Å². The Balaban J connectivity index is 1.90. The van der Waals surface area contributed by atoms with Gasteiger partial charge in [0.1, 0.15) is 0 Å². The van der Waals surface area contributed by atoms with Crippen molar-refractivity contribution in [2.75, 3.05) is 17.5 Å². The van der Waals surface area contributed by atoms with Crippen molar-refractivity contribution in [2.45, 2.75) is 49.9 Å². The van der Waals surface area contributed by atoms with Crippen LogP contribution in [0.5, 0.6) is 0 Å². The zero-order valence-corrected chi connectivity index (χ0v) is 13.4. The maximum Gasteiger partial charge on any atom is 0.154 e. The number of alkyl halides is 1. The van der Waals surface area contributed by atoms with Gasteiger partial charge in [0.25, 0.3) is 0 Å². The highest BCUT2D eigenvalue weighted by atomic mass is 127. The predicted octanol–water partition coefficient (Wildman–Crippen LogP) is 2.48. The van der Waals surface area contributed by atoms with Gasteiger partial charge in [0.2, 0.25) is 0 Å². The molecule has 3 nitrogen and oxygen atoms in total. The second kappa shape index (κ2) is 6.61. The molecule has 0 aromatic carbocycles. The van der Waals surface area contributed by atoms with Crippen LogP contribution in [0.2, 0.25) is 0 Å². The molecule has 3 atom stereocenters. The largest absolute Gasteiger partial charge is 0.379 e. The van der Waals surface area contributed by atoms with E-state index >= 15 is 0 Å². The van der Waals surface area contributed by atoms with Crippen molar-refractivity contribution in [2.24, 2.45) is 10.7 Å². The Hall–Kier alpha value is 0.510. The first-order chi connectivity index (χ1) is 8.24. The fraction of sp³-hybridized carbons (Fsp3) is 0.917. The van der Waals surface area contributed by atoms with Crippen molar-refractivity contribution < 1.29 is 0 Å². The Morgan fingerprint density at radius 1 is 1.47 bits per heavy atom. The minimum atomic E-state index is 0.513. The van der Waals surface area contributed by atoms with Crippen LogP contribution in [0.4, 0.5) is 0 Å². The van der Waals surface area contributed by atoms with Gasteiger partial charge in [0, 0.05) is 22.3 Å². The average molecular weight is 367 g/mol. The molecule has 0 saturated heterocycles. The van der Waals surface area contributed by atoms with E-state index in [1.165, 1.54) is 43.2 Å². The topological polar surface area (TPSA) is 41.6 Å². The number of amidine groups is 1. The fourth-order valence-corrected chi connectivity index (χ4v) is 4.72. The zero-order valence-electron chi connectivity index (χ0n) is 10.4. The molecule has 0 radical (unpaired) electrons. The van der Waals surface area contributed by atoms with Crippen molar-refractivity contribution in [1.82, 2.24) is 4.90 Å². The summed E-state index contributed by atoms with van der Waals surface area (Å²) >= 11 is 4.29. The van der Waals surface area contributed by atoms with Crippen LogP contribution in [0.1, 0.15) is 32.6 Å². The lowest BCUT2D eigenvalue weighted by molar-refractivity contribution is 0.163. The molecule has 2 aliphatic rings. The van der Waals surface area contributed by atoms with E-state index in [0.29, 0.717) is 11.3 Å². The second-order valence-electron chi connectivity index (χ2n) is 4.88. The number of fused-ring (bicyclic) bond motifs is 1. The Kier molecular flexibility index (Phi) is 5.42. The SMILES string of the molecule is CCCN(CCI)C1CCC2N=C(N)SC2C1.